The van der Waals surface area contributed by atoms with Crippen LogP contribution in [0.15, 0.2) is 65.2 Å². The van der Waals surface area contributed by atoms with Gasteiger partial charge in [0.25, 0.3) is 0 Å². The van der Waals surface area contributed by atoms with Crippen LogP contribution >= 0.6 is 11.8 Å². The predicted molar refractivity (Wildman–Crippen MR) is 117 cm³/mol. The van der Waals surface area contributed by atoms with Crippen LogP contribution in [0.3, 0.4) is 0 Å². The number of hydrogen-bond acceptors (Lipinski definition) is 2. The molecular weight excluding hydrogens is 348 g/mol. The first-order chi connectivity index (χ1) is 12.9. The van der Waals surface area contributed by atoms with Crippen molar-refractivity contribution >= 4 is 23.2 Å². The highest BCUT2D eigenvalue weighted by Gasteiger charge is 2.47. The van der Waals surface area contributed by atoms with Crippen molar-refractivity contribution in [2.75, 3.05) is 14.1 Å². The highest BCUT2D eigenvalue weighted by molar-refractivity contribution is 8.06. The first kappa shape index (κ1) is 18.1. The topological polar surface area (TPSA) is 6.25 Å². The lowest BCUT2D eigenvalue weighted by Crippen LogP contribution is -2.34. The van der Waals surface area contributed by atoms with Crippen LogP contribution in [0.4, 0.5) is 5.69 Å². The van der Waals surface area contributed by atoms with Gasteiger partial charge in [0.1, 0.15) is 7.05 Å². The summed E-state index contributed by atoms with van der Waals surface area (Å²) in [4.78, 5) is 2.20. The van der Waals surface area contributed by atoms with Crippen molar-refractivity contribution in [3.63, 3.8) is 0 Å². The van der Waals surface area contributed by atoms with Gasteiger partial charge in [0, 0.05) is 31.0 Å². The summed E-state index contributed by atoms with van der Waals surface area (Å²) in [5.74, 6) is 0. The Morgan fingerprint density at radius 3 is 2.63 bits per heavy atom. The second-order valence-electron chi connectivity index (χ2n) is 7.90. The Kier molecular flexibility index (Phi) is 4.51. The van der Waals surface area contributed by atoms with E-state index >= 15 is 0 Å². The van der Waals surface area contributed by atoms with Crippen molar-refractivity contribution in [3.05, 3.63) is 87.4 Å². The fraction of sp³-hybridized carbons (Fsp3) is 0.292. The Hall–Kier alpha value is -2.26. The smallest absolute Gasteiger partial charge is 0.209 e. The minimum Gasteiger partial charge on any atom is -0.345 e. The first-order valence-corrected chi connectivity index (χ1v) is 10.3. The fourth-order valence-electron chi connectivity index (χ4n) is 4.25. The number of rotatable bonds is 3. The second-order valence-corrected chi connectivity index (χ2v) is 8.82. The molecule has 2 heterocycles. The second kappa shape index (κ2) is 6.72. The minimum absolute atomic E-state index is 0.0563. The third kappa shape index (κ3) is 3.04. The molecule has 1 unspecified atom stereocenters. The van der Waals surface area contributed by atoms with E-state index in [4.69, 9.17) is 0 Å². The number of nitrogens with zero attached hydrogens (tertiary/aromatic N) is 2. The van der Waals surface area contributed by atoms with E-state index in [-0.39, 0.29) is 5.41 Å². The third-order valence-corrected chi connectivity index (χ3v) is 6.83. The van der Waals surface area contributed by atoms with E-state index in [9.17, 15) is 0 Å². The lowest BCUT2D eigenvalue weighted by Gasteiger charge is -2.24. The quantitative estimate of drug-likeness (QED) is 0.651. The molecule has 0 aromatic heterocycles. The van der Waals surface area contributed by atoms with Crippen LogP contribution < -0.4 is 0 Å². The summed E-state index contributed by atoms with van der Waals surface area (Å²) in [5, 5.41) is 3.43. The van der Waals surface area contributed by atoms with Crippen molar-refractivity contribution < 1.29 is 4.58 Å². The van der Waals surface area contributed by atoms with Gasteiger partial charge in [-0.3, -0.25) is 0 Å². The zero-order valence-corrected chi connectivity index (χ0v) is 17.6. The van der Waals surface area contributed by atoms with Gasteiger partial charge < -0.3 is 4.90 Å². The van der Waals surface area contributed by atoms with Gasteiger partial charge in [-0.05, 0) is 49.8 Å². The summed E-state index contributed by atoms with van der Waals surface area (Å²) in [6.07, 6.45) is 5.50. The normalized spacial score (nSPS) is 22.9. The Balaban J connectivity index is 1.87. The summed E-state index contributed by atoms with van der Waals surface area (Å²) in [5.41, 5.74) is 8.17. The standard InChI is InChI=1S/C24H27N2S/c1-17-10-11-21-20(14-17)24(3,16-19-9-7-6-8-18(19)2)22(26(21)5)15-23-25(4)12-13-27-23/h6-15H,16H2,1-5H3/q+1. The van der Waals surface area contributed by atoms with Gasteiger partial charge in [-0.1, -0.05) is 47.7 Å². The Labute approximate surface area is 166 Å². The molecule has 2 aromatic carbocycles. The average Bonchev–Trinajstić information content (AvgIpc) is 3.13. The average molecular weight is 376 g/mol. The summed E-state index contributed by atoms with van der Waals surface area (Å²) >= 11 is 1.79. The maximum Gasteiger partial charge on any atom is 0.209 e. The summed E-state index contributed by atoms with van der Waals surface area (Å²) < 4.78 is 2.38. The predicted octanol–water partition coefficient (Wildman–Crippen LogP) is 5.52. The molecule has 0 spiro atoms. The lowest BCUT2D eigenvalue weighted by atomic mass is 9.73. The molecule has 0 radical (unpaired) electrons. The van der Waals surface area contributed by atoms with E-state index in [1.807, 2.05) is 0 Å². The molecular formula is C24H27N2S+. The maximum atomic E-state index is 2.40. The van der Waals surface area contributed by atoms with Gasteiger partial charge >= 0.3 is 0 Å². The number of aryl methyl sites for hydroxylation is 2. The summed E-state index contributed by atoms with van der Waals surface area (Å²) in [6, 6.07) is 15.6. The van der Waals surface area contributed by atoms with Gasteiger partial charge in [0.2, 0.25) is 5.69 Å². The number of allylic oxidation sites excluding steroid dienone is 1. The molecule has 3 heteroatoms. The molecule has 0 fully saturated rings. The molecule has 0 aliphatic carbocycles. The van der Waals surface area contributed by atoms with E-state index in [1.54, 1.807) is 11.8 Å². The molecule has 0 saturated carbocycles. The van der Waals surface area contributed by atoms with Gasteiger partial charge in [0.15, 0.2) is 5.71 Å². The SMILES string of the molecule is Cc1ccc2c(c1)C(C)(Cc1ccccc1C)C(/C=C1\SC=CN1C)=[N+]2C. The van der Waals surface area contributed by atoms with Gasteiger partial charge in [-0.15, -0.1) is 0 Å². The Morgan fingerprint density at radius 1 is 1.15 bits per heavy atom. The molecule has 2 aliphatic rings. The van der Waals surface area contributed by atoms with Crippen molar-refractivity contribution in [2.24, 2.45) is 0 Å². The lowest BCUT2D eigenvalue weighted by molar-refractivity contribution is -0.401. The highest BCUT2D eigenvalue weighted by atomic mass is 32.2. The van der Waals surface area contributed by atoms with Crippen LogP contribution in [0.1, 0.15) is 29.2 Å². The Bertz CT molecular complexity index is 999. The zero-order chi connectivity index (χ0) is 19.2. The first-order valence-electron chi connectivity index (χ1n) is 9.45. The minimum atomic E-state index is -0.0563. The van der Waals surface area contributed by atoms with Crippen LogP contribution in [0.25, 0.3) is 0 Å². The molecule has 27 heavy (non-hydrogen) atoms. The van der Waals surface area contributed by atoms with Crippen molar-refractivity contribution in [1.29, 1.82) is 0 Å². The molecule has 138 valence electrons. The van der Waals surface area contributed by atoms with Crippen molar-refractivity contribution in [2.45, 2.75) is 32.6 Å². The summed E-state index contributed by atoms with van der Waals surface area (Å²) in [6.45, 7) is 6.81. The molecule has 2 aromatic rings. The third-order valence-electron chi connectivity index (χ3n) is 5.92. The molecule has 1 atom stereocenters. The number of fused-ring (bicyclic) bond motifs is 1. The Morgan fingerprint density at radius 2 is 1.93 bits per heavy atom. The maximum absolute atomic E-state index is 2.40. The monoisotopic (exact) mass is 375 g/mol. The summed E-state index contributed by atoms with van der Waals surface area (Å²) in [7, 11) is 4.32. The largest absolute Gasteiger partial charge is 0.345 e. The van der Waals surface area contributed by atoms with E-state index in [0.717, 1.165) is 6.42 Å². The zero-order valence-electron chi connectivity index (χ0n) is 16.8. The molecule has 2 aliphatic heterocycles. The van der Waals surface area contributed by atoms with Crippen LogP contribution in [0, 0.1) is 13.8 Å². The van der Waals surface area contributed by atoms with Crippen LogP contribution in [0.5, 0.6) is 0 Å². The number of thioether (sulfide) groups is 1. The van der Waals surface area contributed by atoms with E-state index < -0.39 is 0 Å². The molecule has 0 amide bonds. The van der Waals surface area contributed by atoms with E-state index in [2.05, 4.69) is 104 Å². The van der Waals surface area contributed by atoms with Crippen molar-refractivity contribution in [1.82, 2.24) is 4.90 Å². The van der Waals surface area contributed by atoms with Crippen LogP contribution in [0.2, 0.25) is 0 Å². The van der Waals surface area contributed by atoms with E-state index in [1.165, 1.54) is 38.7 Å². The fourth-order valence-corrected chi connectivity index (χ4v) is 5.04. The van der Waals surface area contributed by atoms with Gasteiger partial charge in [-0.2, -0.15) is 4.58 Å². The van der Waals surface area contributed by atoms with Crippen molar-refractivity contribution in [3.8, 4) is 0 Å². The molecule has 0 bridgehead atoms. The molecule has 4 rings (SSSR count). The van der Waals surface area contributed by atoms with Crippen LogP contribution in [-0.4, -0.2) is 29.3 Å². The number of hydrogen-bond donors (Lipinski definition) is 0. The van der Waals surface area contributed by atoms with Crippen LogP contribution in [-0.2, 0) is 11.8 Å². The highest BCUT2D eigenvalue weighted by Crippen LogP contribution is 2.43. The molecule has 0 N–H and O–H groups in total. The molecule has 2 nitrogen and oxygen atoms in total. The van der Waals surface area contributed by atoms with Gasteiger partial charge in [-0.25, -0.2) is 0 Å². The number of benzene rings is 2. The van der Waals surface area contributed by atoms with Gasteiger partial charge in [0.05, 0.1) is 10.4 Å². The molecule has 0 saturated heterocycles. The van der Waals surface area contributed by atoms with E-state index in [0.29, 0.717) is 0 Å².